The van der Waals surface area contributed by atoms with Gasteiger partial charge in [-0.05, 0) is 47.0 Å². The van der Waals surface area contributed by atoms with E-state index < -0.39 is 0 Å². The molecule has 6 aromatic rings. The molecule has 0 saturated carbocycles. The van der Waals surface area contributed by atoms with Crippen molar-refractivity contribution in [3.05, 3.63) is 102 Å². The van der Waals surface area contributed by atoms with Crippen LogP contribution in [-0.2, 0) is 0 Å². The van der Waals surface area contributed by atoms with Gasteiger partial charge >= 0.3 is 0 Å². The van der Waals surface area contributed by atoms with Crippen LogP contribution in [0.4, 0.5) is 0 Å². The largest absolute Gasteiger partial charge is 0.456 e. The van der Waals surface area contributed by atoms with Crippen molar-refractivity contribution in [2.24, 2.45) is 0 Å². The molecule has 0 unspecified atom stereocenters. The fourth-order valence-electron chi connectivity index (χ4n) is 3.92. The molecule has 4 nitrogen and oxygen atoms in total. The summed E-state index contributed by atoms with van der Waals surface area (Å²) in [6.07, 6.45) is 0. The van der Waals surface area contributed by atoms with Crippen LogP contribution >= 0.6 is 11.6 Å². The monoisotopic (exact) mass is 433 g/mol. The molecular weight excluding hydrogens is 418 g/mol. The van der Waals surface area contributed by atoms with Crippen molar-refractivity contribution >= 4 is 33.5 Å². The number of furan rings is 1. The van der Waals surface area contributed by atoms with E-state index in [2.05, 4.69) is 45.3 Å². The lowest BCUT2D eigenvalue weighted by Crippen LogP contribution is -1.97. The number of rotatable bonds is 3. The Morgan fingerprint density at radius 1 is 0.500 bits per heavy atom. The molecule has 0 saturated heterocycles. The van der Waals surface area contributed by atoms with Crippen molar-refractivity contribution in [2.45, 2.75) is 0 Å². The quantitative estimate of drug-likeness (QED) is 0.291. The molecule has 152 valence electrons. The van der Waals surface area contributed by atoms with Gasteiger partial charge in [0.05, 0.1) is 0 Å². The van der Waals surface area contributed by atoms with Gasteiger partial charge in [0.15, 0.2) is 11.6 Å². The van der Waals surface area contributed by atoms with Crippen LogP contribution in [0.5, 0.6) is 0 Å². The lowest BCUT2D eigenvalue weighted by Gasteiger charge is -2.04. The van der Waals surface area contributed by atoms with Gasteiger partial charge in [0.2, 0.25) is 5.28 Å². The second kappa shape index (κ2) is 7.59. The molecule has 0 amide bonds. The normalized spacial score (nSPS) is 11.3. The fraction of sp³-hybridized carbons (Fsp3) is 0. The SMILES string of the molecule is Clc1nc(-c2ccccc2)nc(-c2ccc3c(c2)oc2cc(-c4ccccc4)ccc23)n1. The van der Waals surface area contributed by atoms with Gasteiger partial charge in [-0.3, -0.25) is 0 Å². The highest BCUT2D eigenvalue weighted by Gasteiger charge is 2.13. The maximum atomic E-state index is 6.22. The van der Waals surface area contributed by atoms with Crippen molar-refractivity contribution in [3.63, 3.8) is 0 Å². The van der Waals surface area contributed by atoms with Gasteiger partial charge in [0.1, 0.15) is 11.2 Å². The highest BCUT2D eigenvalue weighted by molar-refractivity contribution is 6.28. The van der Waals surface area contributed by atoms with Gasteiger partial charge in [-0.25, -0.2) is 4.98 Å². The molecular formula is C27H16ClN3O. The highest BCUT2D eigenvalue weighted by atomic mass is 35.5. The predicted octanol–water partition coefficient (Wildman–Crippen LogP) is 7.43. The third-order valence-electron chi connectivity index (χ3n) is 5.48. The number of halogens is 1. The van der Waals surface area contributed by atoms with Crippen LogP contribution in [-0.4, -0.2) is 15.0 Å². The summed E-state index contributed by atoms with van der Waals surface area (Å²) < 4.78 is 6.22. The first-order valence-electron chi connectivity index (χ1n) is 10.2. The number of hydrogen-bond donors (Lipinski definition) is 0. The minimum Gasteiger partial charge on any atom is -0.456 e. The molecule has 0 aliphatic heterocycles. The number of hydrogen-bond acceptors (Lipinski definition) is 4. The molecule has 5 heteroatoms. The highest BCUT2D eigenvalue weighted by Crippen LogP contribution is 2.34. The minimum atomic E-state index is 0.158. The summed E-state index contributed by atoms with van der Waals surface area (Å²) in [4.78, 5) is 13.3. The first-order valence-corrected chi connectivity index (χ1v) is 10.6. The van der Waals surface area contributed by atoms with Gasteiger partial charge in [0.25, 0.3) is 0 Å². The Kier molecular flexibility index (Phi) is 4.44. The summed E-state index contributed by atoms with van der Waals surface area (Å²) in [5, 5.41) is 2.28. The summed E-state index contributed by atoms with van der Waals surface area (Å²) >= 11 is 6.22. The number of nitrogens with zero attached hydrogens (tertiary/aromatic N) is 3. The number of fused-ring (bicyclic) bond motifs is 3. The van der Waals surface area contributed by atoms with Crippen molar-refractivity contribution < 1.29 is 4.42 Å². The Balaban J connectivity index is 1.46. The van der Waals surface area contributed by atoms with E-state index in [9.17, 15) is 0 Å². The molecule has 0 atom stereocenters. The molecule has 0 aliphatic carbocycles. The zero-order valence-corrected chi connectivity index (χ0v) is 17.6. The average molecular weight is 434 g/mol. The Hall–Kier alpha value is -4.02. The van der Waals surface area contributed by atoms with Gasteiger partial charge in [-0.1, -0.05) is 72.8 Å². The maximum Gasteiger partial charge on any atom is 0.226 e. The molecule has 2 aromatic heterocycles. The molecule has 32 heavy (non-hydrogen) atoms. The van der Waals surface area contributed by atoms with E-state index in [1.165, 1.54) is 0 Å². The average Bonchev–Trinajstić information content (AvgIpc) is 3.22. The fourth-order valence-corrected chi connectivity index (χ4v) is 4.08. The molecule has 0 radical (unpaired) electrons. The van der Waals surface area contributed by atoms with E-state index in [1.54, 1.807) is 0 Å². The first kappa shape index (κ1) is 18.7. The summed E-state index contributed by atoms with van der Waals surface area (Å²) in [6, 6.07) is 32.3. The maximum absolute atomic E-state index is 6.22. The molecule has 0 bridgehead atoms. The van der Waals surface area contributed by atoms with Crippen LogP contribution < -0.4 is 0 Å². The van der Waals surface area contributed by atoms with E-state index in [-0.39, 0.29) is 5.28 Å². The molecule has 4 aromatic carbocycles. The zero-order valence-electron chi connectivity index (χ0n) is 16.9. The van der Waals surface area contributed by atoms with Crippen LogP contribution in [0.1, 0.15) is 0 Å². The van der Waals surface area contributed by atoms with Crippen LogP contribution in [0.25, 0.3) is 55.8 Å². The minimum absolute atomic E-state index is 0.158. The molecule has 6 rings (SSSR count). The van der Waals surface area contributed by atoms with Crippen LogP contribution in [0, 0.1) is 0 Å². The van der Waals surface area contributed by atoms with E-state index in [4.69, 9.17) is 16.0 Å². The Morgan fingerprint density at radius 2 is 1.03 bits per heavy atom. The zero-order chi connectivity index (χ0) is 21.5. The van der Waals surface area contributed by atoms with E-state index >= 15 is 0 Å². The smallest absolute Gasteiger partial charge is 0.226 e. The molecule has 0 N–H and O–H groups in total. The van der Waals surface area contributed by atoms with Gasteiger partial charge in [0, 0.05) is 21.9 Å². The molecule has 0 spiro atoms. The van der Waals surface area contributed by atoms with Crippen LogP contribution in [0.2, 0.25) is 5.28 Å². The topological polar surface area (TPSA) is 51.8 Å². The van der Waals surface area contributed by atoms with Gasteiger partial charge < -0.3 is 4.42 Å². The summed E-state index contributed by atoms with van der Waals surface area (Å²) in [5.41, 5.74) is 5.60. The Morgan fingerprint density at radius 3 is 1.69 bits per heavy atom. The van der Waals surface area contributed by atoms with Gasteiger partial charge in [-0.2, -0.15) is 9.97 Å². The van der Waals surface area contributed by atoms with Crippen molar-refractivity contribution in [1.29, 1.82) is 0 Å². The van der Waals surface area contributed by atoms with Crippen molar-refractivity contribution in [3.8, 4) is 33.9 Å². The van der Waals surface area contributed by atoms with E-state index in [1.807, 2.05) is 66.7 Å². The second-order valence-corrected chi connectivity index (χ2v) is 7.85. The van der Waals surface area contributed by atoms with E-state index in [0.717, 1.165) is 44.2 Å². The molecule has 0 aliphatic rings. The van der Waals surface area contributed by atoms with Crippen LogP contribution in [0.3, 0.4) is 0 Å². The summed E-state index contributed by atoms with van der Waals surface area (Å²) in [5.74, 6) is 1.05. The summed E-state index contributed by atoms with van der Waals surface area (Å²) in [6.45, 7) is 0. The third kappa shape index (κ3) is 3.31. The summed E-state index contributed by atoms with van der Waals surface area (Å²) in [7, 11) is 0. The molecule has 2 heterocycles. The van der Waals surface area contributed by atoms with Crippen molar-refractivity contribution in [2.75, 3.05) is 0 Å². The third-order valence-corrected chi connectivity index (χ3v) is 5.65. The lowest BCUT2D eigenvalue weighted by atomic mass is 10.0. The predicted molar refractivity (Wildman–Crippen MR) is 128 cm³/mol. The lowest BCUT2D eigenvalue weighted by molar-refractivity contribution is 0.669. The number of benzene rings is 4. The van der Waals surface area contributed by atoms with Crippen LogP contribution in [0.15, 0.2) is 101 Å². The second-order valence-electron chi connectivity index (χ2n) is 7.51. The molecule has 0 fully saturated rings. The van der Waals surface area contributed by atoms with Gasteiger partial charge in [-0.15, -0.1) is 0 Å². The Labute approximate surface area is 189 Å². The first-order chi connectivity index (χ1) is 15.7. The van der Waals surface area contributed by atoms with E-state index in [0.29, 0.717) is 11.6 Å². The Bertz CT molecular complexity index is 1580. The standard InChI is InChI=1S/C27H16ClN3O/c28-27-30-25(18-9-5-2-6-10-18)29-26(31-27)20-12-14-22-21-13-11-19(17-7-3-1-4-8-17)15-23(21)32-24(22)16-20/h1-16H. The van der Waals surface area contributed by atoms with Crippen molar-refractivity contribution in [1.82, 2.24) is 15.0 Å². The number of aromatic nitrogens is 3.